The molecule has 3 N–H and O–H groups in total. The summed E-state index contributed by atoms with van der Waals surface area (Å²) in [5.41, 5.74) is 12.6. The van der Waals surface area contributed by atoms with Crippen LogP contribution in [0, 0.1) is 3.57 Å². The van der Waals surface area contributed by atoms with E-state index < -0.39 is 0 Å². The lowest BCUT2D eigenvalue weighted by atomic mass is 9.91. The van der Waals surface area contributed by atoms with Crippen molar-refractivity contribution in [3.63, 3.8) is 0 Å². The summed E-state index contributed by atoms with van der Waals surface area (Å²) in [6.07, 6.45) is 2.69. The van der Waals surface area contributed by atoms with Gasteiger partial charge >= 0.3 is 0 Å². The zero-order valence-electron chi connectivity index (χ0n) is 15.6. The van der Waals surface area contributed by atoms with Gasteiger partial charge in [-0.05, 0) is 77.2 Å². The van der Waals surface area contributed by atoms with Gasteiger partial charge in [0.15, 0.2) is 5.82 Å². The first-order chi connectivity index (χ1) is 13.5. The van der Waals surface area contributed by atoms with Crippen LogP contribution in [0.3, 0.4) is 0 Å². The predicted molar refractivity (Wildman–Crippen MR) is 120 cm³/mol. The molecule has 0 aliphatic heterocycles. The Balaban J connectivity index is 1.61. The SMILES string of the molecule is CCc1nc2c(nc1NC(=O)Cc1ccc(I)cc1)CCc1cc(N)ccc1-2. The minimum Gasteiger partial charge on any atom is -0.399 e. The van der Waals surface area contributed by atoms with E-state index in [1.807, 2.05) is 49.4 Å². The predicted octanol–water partition coefficient (Wildman–Crippen LogP) is 4.17. The minimum atomic E-state index is -0.0749. The molecule has 2 aromatic carbocycles. The van der Waals surface area contributed by atoms with Crippen molar-refractivity contribution >= 4 is 40.0 Å². The van der Waals surface area contributed by atoms with Crippen molar-refractivity contribution in [2.75, 3.05) is 11.1 Å². The van der Waals surface area contributed by atoms with Gasteiger partial charge in [-0.1, -0.05) is 25.1 Å². The van der Waals surface area contributed by atoms with E-state index in [1.54, 1.807) is 0 Å². The van der Waals surface area contributed by atoms with Gasteiger partial charge in [0.1, 0.15) is 0 Å². The number of aromatic nitrogens is 2. The molecule has 0 spiro atoms. The summed E-state index contributed by atoms with van der Waals surface area (Å²) in [6.45, 7) is 2.03. The standard InChI is InChI=1S/C22H21IN4O/c1-2-18-22(27-20(28)11-13-3-6-15(23)7-4-13)26-19-10-5-14-12-16(24)8-9-17(14)21(19)25-18/h3-4,6-9,12H,2,5,10-11,24H2,1H3,(H,26,27,28). The van der Waals surface area contributed by atoms with Crippen LogP contribution in [0.5, 0.6) is 0 Å². The Bertz CT molecular complexity index is 1050. The number of nitrogens with two attached hydrogens (primary N) is 1. The number of halogens is 1. The zero-order valence-corrected chi connectivity index (χ0v) is 17.8. The fourth-order valence-electron chi connectivity index (χ4n) is 3.51. The van der Waals surface area contributed by atoms with Crippen molar-refractivity contribution in [3.8, 4) is 11.3 Å². The maximum Gasteiger partial charge on any atom is 0.229 e. The zero-order chi connectivity index (χ0) is 19.7. The molecule has 5 nitrogen and oxygen atoms in total. The summed E-state index contributed by atoms with van der Waals surface area (Å²) in [5, 5.41) is 2.97. The van der Waals surface area contributed by atoms with E-state index in [1.165, 1.54) is 5.56 Å². The number of aryl methyl sites for hydroxylation is 3. The molecule has 142 valence electrons. The van der Waals surface area contributed by atoms with Crippen LogP contribution in [-0.4, -0.2) is 15.9 Å². The number of anilines is 2. The van der Waals surface area contributed by atoms with Crippen molar-refractivity contribution in [2.45, 2.75) is 32.6 Å². The van der Waals surface area contributed by atoms with Crippen molar-refractivity contribution in [1.82, 2.24) is 9.97 Å². The van der Waals surface area contributed by atoms with Crippen LogP contribution in [0.25, 0.3) is 11.3 Å². The summed E-state index contributed by atoms with van der Waals surface area (Å²) in [5.74, 6) is 0.504. The van der Waals surface area contributed by atoms with Crippen LogP contribution in [-0.2, 0) is 30.5 Å². The number of carbonyl (C=O) groups excluding carboxylic acids is 1. The molecular formula is C22H21IN4O. The second kappa shape index (κ2) is 7.87. The van der Waals surface area contributed by atoms with E-state index in [2.05, 4.69) is 27.9 Å². The summed E-state index contributed by atoms with van der Waals surface area (Å²) >= 11 is 2.25. The maximum absolute atomic E-state index is 12.5. The van der Waals surface area contributed by atoms with Gasteiger partial charge < -0.3 is 11.1 Å². The van der Waals surface area contributed by atoms with E-state index in [0.717, 1.165) is 50.3 Å². The number of hydrogen-bond acceptors (Lipinski definition) is 4. The van der Waals surface area contributed by atoms with Gasteiger partial charge in [0, 0.05) is 14.8 Å². The second-order valence-electron chi connectivity index (χ2n) is 6.94. The molecule has 0 atom stereocenters. The highest BCUT2D eigenvalue weighted by Crippen LogP contribution is 2.33. The fraction of sp³-hybridized carbons (Fsp3) is 0.227. The van der Waals surface area contributed by atoms with Gasteiger partial charge in [-0.15, -0.1) is 0 Å². The Morgan fingerprint density at radius 3 is 2.68 bits per heavy atom. The number of benzene rings is 2. The molecule has 1 aromatic heterocycles. The molecule has 4 rings (SSSR count). The number of amides is 1. The molecule has 0 saturated heterocycles. The van der Waals surface area contributed by atoms with Crippen LogP contribution in [0.15, 0.2) is 42.5 Å². The molecule has 1 heterocycles. The molecule has 0 fully saturated rings. The number of rotatable bonds is 4. The van der Waals surface area contributed by atoms with E-state index in [-0.39, 0.29) is 5.91 Å². The fourth-order valence-corrected chi connectivity index (χ4v) is 3.87. The molecule has 0 radical (unpaired) electrons. The van der Waals surface area contributed by atoms with Crippen LogP contribution in [0.4, 0.5) is 11.5 Å². The number of hydrogen-bond donors (Lipinski definition) is 2. The quantitative estimate of drug-likeness (QED) is 0.430. The topological polar surface area (TPSA) is 80.9 Å². The molecule has 6 heteroatoms. The Morgan fingerprint density at radius 1 is 1.14 bits per heavy atom. The Hall–Kier alpha value is -2.48. The van der Waals surface area contributed by atoms with Crippen LogP contribution in [0.1, 0.15) is 29.4 Å². The van der Waals surface area contributed by atoms with E-state index in [9.17, 15) is 4.79 Å². The Kier molecular flexibility index (Phi) is 5.30. The first-order valence-electron chi connectivity index (χ1n) is 9.36. The summed E-state index contributed by atoms with van der Waals surface area (Å²) < 4.78 is 1.15. The molecule has 3 aromatic rings. The molecule has 1 aliphatic rings. The highest BCUT2D eigenvalue weighted by molar-refractivity contribution is 14.1. The van der Waals surface area contributed by atoms with Gasteiger partial charge in [0.25, 0.3) is 0 Å². The molecule has 0 bridgehead atoms. The third-order valence-electron chi connectivity index (χ3n) is 4.93. The summed E-state index contributed by atoms with van der Waals surface area (Å²) in [4.78, 5) is 22.2. The second-order valence-corrected chi connectivity index (χ2v) is 8.18. The molecule has 0 saturated carbocycles. The van der Waals surface area contributed by atoms with E-state index >= 15 is 0 Å². The van der Waals surface area contributed by atoms with Gasteiger partial charge in [-0.3, -0.25) is 4.79 Å². The highest BCUT2D eigenvalue weighted by atomic mass is 127. The third-order valence-corrected chi connectivity index (χ3v) is 5.65. The van der Waals surface area contributed by atoms with Gasteiger partial charge in [0.2, 0.25) is 5.91 Å². The number of fused-ring (bicyclic) bond motifs is 3. The van der Waals surface area contributed by atoms with Crippen molar-refractivity contribution in [2.24, 2.45) is 0 Å². The van der Waals surface area contributed by atoms with Gasteiger partial charge in [-0.2, -0.15) is 0 Å². The molecule has 0 unspecified atom stereocenters. The molecule has 28 heavy (non-hydrogen) atoms. The monoisotopic (exact) mass is 484 g/mol. The maximum atomic E-state index is 12.5. The van der Waals surface area contributed by atoms with Crippen LogP contribution >= 0.6 is 22.6 Å². The average molecular weight is 484 g/mol. The Morgan fingerprint density at radius 2 is 1.93 bits per heavy atom. The number of nitrogens with zero attached hydrogens (tertiary/aromatic N) is 2. The van der Waals surface area contributed by atoms with Crippen molar-refractivity contribution < 1.29 is 4.79 Å². The highest BCUT2D eigenvalue weighted by Gasteiger charge is 2.22. The lowest BCUT2D eigenvalue weighted by molar-refractivity contribution is -0.115. The van der Waals surface area contributed by atoms with Crippen LogP contribution in [0.2, 0.25) is 0 Å². The first kappa shape index (κ1) is 18.9. The normalized spacial score (nSPS) is 12.2. The Labute approximate surface area is 177 Å². The van der Waals surface area contributed by atoms with Crippen molar-refractivity contribution in [1.29, 1.82) is 0 Å². The van der Waals surface area contributed by atoms with E-state index in [0.29, 0.717) is 18.7 Å². The van der Waals surface area contributed by atoms with Gasteiger partial charge in [0.05, 0.1) is 23.5 Å². The first-order valence-corrected chi connectivity index (χ1v) is 10.4. The smallest absolute Gasteiger partial charge is 0.229 e. The summed E-state index contributed by atoms with van der Waals surface area (Å²) in [7, 11) is 0. The minimum absolute atomic E-state index is 0.0749. The number of carbonyl (C=O) groups is 1. The average Bonchev–Trinajstić information content (AvgIpc) is 2.68. The number of nitrogens with one attached hydrogen (secondary N) is 1. The number of nitrogen functional groups attached to an aromatic ring is 1. The third kappa shape index (κ3) is 3.87. The lowest BCUT2D eigenvalue weighted by Gasteiger charge is -2.21. The lowest BCUT2D eigenvalue weighted by Crippen LogP contribution is -2.19. The van der Waals surface area contributed by atoms with Gasteiger partial charge in [-0.25, -0.2) is 9.97 Å². The molecule has 1 amide bonds. The van der Waals surface area contributed by atoms with E-state index in [4.69, 9.17) is 15.7 Å². The van der Waals surface area contributed by atoms with Crippen LogP contribution < -0.4 is 11.1 Å². The summed E-state index contributed by atoms with van der Waals surface area (Å²) in [6, 6.07) is 13.9. The molecular weight excluding hydrogens is 463 g/mol. The molecule has 1 aliphatic carbocycles. The van der Waals surface area contributed by atoms with Crippen molar-refractivity contribution in [3.05, 3.63) is 68.5 Å². The largest absolute Gasteiger partial charge is 0.399 e.